The van der Waals surface area contributed by atoms with Gasteiger partial charge in [-0.3, -0.25) is 14.4 Å². The number of Topliss-reactive ketones (excluding diaryl/α,β-unsaturated/α-hetero) is 2. The number of carboxylic acids is 2. The molecular weight excluding hydrogens is 1300 g/mol. The predicted octanol–water partition coefficient (Wildman–Crippen LogP) is 13.1. The number of pyridine rings is 3. The number of aromatic nitrogens is 8. The number of hydrogen-bond donors (Lipinski definition) is 5. The van der Waals surface area contributed by atoms with Gasteiger partial charge >= 0.3 is 17.8 Å². The summed E-state index contributed by atoms with van der Waals surface area (Å²) in [5.41, 5.74) is 11.9. The van der Waals surface area contributed by atoms with E-state index in [0.29, 0.717) is 77.1 Å². The monoisotopic (exact) mass is 1390 g/mol. The second-order valence-electron chi connectivity index (χ2n) is 26.2. The van der Waals surface area contributed by atoms with Crippen LogP contribution in [0.3, 0.4) is 0 Å². The zero-order chi connectivity index (χ0) is 74.1. The van der Waals surface area contributed by atoms with Crippen molar-refractivity contribution < 1.29 is 53.5 Å². The van der Waals surface area contributed by atoms with E-state index >= 15 is 0 Å². The van der Waals surface area contributed by atoms with E-state index in [1.165, 1.54) is 60.6 Å². The first-order valence-corrected chi connectivity index (χ1v) is 33.7. The maximum absolute atomic E-state index is 12.3. The van der Waals surface area contributed by atoms with Gasteiger partial charge in [-0.05, 0) is 187 Å². The molecule has 2 bridgehead atoms. The normalized spacial score (nSPS) is 14.9. The van der Waals surface area contributed by atoms with Crippen molar-refractivity contribution in [3.63, 3.8) is 0 Å². The number of azo groups is 1. The Morgan fingerprint density at radius 3 is 2.26 bits per heavy atom. The first kappa shape index (κ1) is 76.5. The van der Waals surface area contributed by atoms with E-state index in [-0.39, 0.29) is 28.5 Å². The molecule has 1 amide bonds. The van der Waals surface area contributed by atoms with E-state index < -0.39 is 23.3 Å². The van der Waals surface area contributed by atoms with E-state index in [0.717, 1.165) is 63.8 Å². The Balaban J connectivity index is 0.000000155. The van der Waals surface area contributed by atoms with Crippen molar-refractivity contribution in [3.8, 4) is 29.2 Å². The number of carbonyl (C=O) groups excluding carboxylic acids is 3. The van der Waals surface area contributed by atoms with Gasteiger partial charge in [0.25, 0.3) is 5.95 Å². The molecule has 102 heavy (non-hydrogen) atoms. The van der Waals surface area contributed by atoms with Crippen LogP contribution in [0.15, 0.2) is 148 Å². The highest BCUT2D eigenvalue weighted by Gasteiger charge is 2.39. The smallest absolute Gasteiger partial charge is 0.394 e. The Morgan fingerprint density at radius 2 is 1.60 bits per heavy atom. The second-order valence-corrected chi connectivity index (χ2v) is 26.2. The highest BCUT2D eigenvalue weighted by atomic mass is 16.5. The van der Waals surface area contributed by atoms with E-state index in [4.69, 9.17) is 24.4 Å². The highest BCUT2D eigenvalue weighted by molar-refractivity contribution is 6.36. The lowest BCUT2D eigenvalue weighted by Crippen LogP contribution is -2.32. The molecule has 536 valence electrons. The maximum atomic E-state index is 12.3. The van der Waals surface area contributed by atoms with Crippen molar-refractivity contribution in [3.05, 3.63) is 194 Å². The van der Waals surface area contributed by atoms with Crippen LogP contribution in [-0.2, 0) is 39.2 Å². The van der Waals surface area contributed by atoms with Gasteiger partial charge in [0.2, 0.25) is 17.2 Å². The number of hydrogen-bond acceptors (Lipinski definition) is 18. The van der Waals surface area contributed by atoms with Gasteiger partial charge < -0.3 is 58.5 Å². The third-order valence-electron chi connectivity index (χ3n) is 17.5. The van der Waals surface area contributed by atoms with Crippen molar-refractivity contribution in [1.29, 1.82) is 0 Å². The fourth-order valence-electron chi connectivity index (χ4n) is 12.5. The van der Waals surface area contributed by atoms with Crippen LogP contribution in [0, 0.1) is 32.6 Å². The molecule has 0 saturated carbocycles. The van der Waals surface area contributed by atoms with Gasteiger partial charge in [-0.2, -0.15) is 19.9 Å². The molecule has 5 N–H and O–H groups in total. The average molecular weight is 1390 g/mol. The van der Waals surface area contributed by atoms with Gasteiger partial charge in [-0.25, -0.2) is 24.5 Å². The van der Waals surface area contributed by atoms with Gasteiger partial charge in [0.1, 0.15) is 28.5 Å². The number of ether oxygens (including phenoxy) is 3. The van der Waals surface area contributed by atoms with Crippen LogP contribution in [0.2, 0.25) is 0 Å². The molecule has 2 atom stereocenters. The summed E-state index contributed by atoms with van der Waals surface area (Å²) in [6, 6.07) is 31.4. The number of benzene rings is 3. The third-order valence-corrected chi connectivity index (χ3v) is 17.5. The molecule has 1 aliphatic carbocycles. The number of anilines is 1. The molecular formula is C77H91N13O12. The fraction of sp³-hybridized carbons (Fsp3) is 0.364. The Bertz CT molecular complexity index is 4790. The predicted molar refractivity (Wildman–Crippen MR) is 393 cm³/mol. The molecule has 0 spiro atoms. The number of amides is 1. The summed E-state index contributed by atoms with van der Waals surface area (Å²) < 4.78 is 20.8. The first-order chi connectivity index (χ1) is 48.6. The highest BCUT2D eigenvalue weighted by Crippen LogP contribution is 2.45. The number of fused-ring (bicyclic) bond motifs is 7. The number of carboxylic acid groups (broad SMARTS) is 2. The molecule has 9 heterocycles. The molecule has 10 aromatic rings. The lowest BCUT2D eigenvalue weighted by atomic mass is 9.66. The van der Waals surface area contributed by atoms with E-state index in [2.05, 4.69) is 90.6 Å². The number of aromatic carboxylic acids is 1. The zero-order valence-corrected chi connectivity index (χ0v) is 60.4. The summed E-state index contributed by atoms with van der Waals surface area (Å²) in [5, 5.41) is 42.7. The Hall–Kier alpha value is -11.2. The quantitative estimate of drug-likeness (QED) is 0.0470. The summed E-state index contributed by atoms with van der Waals surface area (Å²) in [5.74, 6) is 1.14. The van der Waals surface area contributed by atoms with Crippen molar-refractivity contribution in [2.45, 2.75) is 126 Å². The summed E-state index contributed by atoms with van der Waals surface area (Å²) >= 11 is 0. The molecule has 25 nitrogen and oxygen atoms in total. The molecule has 7 aromatic heterocycles. The number of nitrogens with zero attached hydrogens (tertiary/aromatic N) is 11. The molecule has 13 rings (SSSR count). The number of phenols is 1. The molecule has 25 heteroatoms. The van der Waals surface area contributed by atoms with E-state index in [1.54, 1.807) is 80.0 Å². The number of aryl methyl sites for hydroxylation is 5. The maximum Gasteiger partial charge on any atom is 0.394 e. The van der Waals surface area contributed by atoms with Crippen molar-refractivity contribution in [2.75, 3.05) is 53.5 Å². The number of aromatic amines is 1. The van der Waals surface area contributed by atoms with E-state index in [9.17, 15) is 33.9 Å². The number of rotatable bonds is 15. The van der Waals surface area contributed by atoms with Crippen LogP contribution < -0.4 is 25.0 Å². The topological polar surface area (TPSA) is 325 Å². The van der Waals surface area contributed by atoms with Gasteiger partial charge in [0, 0.05) is 101 Å². The van der Waals surface area contributed by atoms with Crippen LogP contribution >= 0.6 is 0 Å². The van der Waals surface area contributed by atoms with Gasteiger partial charge in [-0.1, -0.05) is 58.9 Å². The summed E-state index contributed by atoms with van der Waals surface area (Å²) in [7, 11) is 7.05. The number of phenolic OH excluding ortho intramolecular Hbond substituents is 1. The van der Waals surface area contributed by atoms with Crippen molar-refractivity contribution in [2.24, 2.45) is 27.1 Å². The van der Waals surface area contributed by atoms with Crippen LogP contribution in [0.5, 0.6) is 23.3 Å². The minimum Gasteiger partial charge on any atom is -0.508 e. The number of aliphatic imine (C=N–C) groups is 1. The summed E-state index contributed by atoms with van der Waals surface area (Å²) in [4.78, 5) is 90.0. The van der Waals surface area contributed by atoms with Gasteiger partial charge in [0.05, 0.1) is 37.9 Å². The average Bonchev–Trinajstić information content (AvgIpc) is 1.11. The van der Waals surface area contributed by atoms with E-state index in [1.807, 2.05) is 113 Å². The molecule has 3 aliphatic rings. The Morgan fingerprint density at radius 1 is 0.824 bits per heavy atom. The zero-order valence-electron chi connectivity index (χ0n) is 60.4. The van der Waals surface area contributed by atoms with Crippen LogP contribution in [-0.4, -0.2) is 142 Å². The van der Waals surface area contributed by atoms with Gasteiger partial charge in [-0.15, -0.1) is 5.11 Å². The van der Waals surface area contributed by atoms with Crippen molar-refractivity contribution in [1.82, 2.24) is 43.6 Å². The van der Waals surface area contributed by atoms with Crippen LogP contribution in [0.25, 0.3) is 33.4 Å². The number of nitrogens with one attached hydrogen (secondary N) is 2. The fourth-order valence-corrected chi connectivity index (χ4v) is 12.5. The second kappa shape index (κ2) is 34.7. The molecule has 0 radical (unpaired) electrons. The summed E-state index contributed by atoms with van der Waals surface area (Å²) in [6.45, 7) is 22.9. The molecule has 2 aliphatic heterocycles. The number of aliphatic carboxylic acids is 1. The lowest BCUT2D eigenvalue weighted by molar-refractivity contribution is -0.147. The number of aromatic hydroxyl groups is 1. The van der Waals surface area contributed by atoms with Gasteiger partial charge in [0.15, 0.2) is 18.3 Å². The molecule has 1 unspecified atom stereocenters. The standard InChI is InChI=1S/C15H21NO.C15H19NO.C14H17NO2.C12H12N2O3.C11H14N4O2.C10H8N4O3/c1-15-5-6-16(2)10-11(9-15)7-12-3-4-13(17)8-14(12)15;1-10(2)12-9-16-8-6-5-7-13(16)14(12)15(17)11(3)4;1-10(16)4-3-5-11-9-15-14-7-6-12(17-2)8-13(11)14;1-3-14-6-9(12(16)17)10(15)8-5-4-7(2)13-11(8)14;1-7-5-9(16-3)13-11(12-7)15-10(17-4)6-8(2)14-15;15-9(10(16)17)13-7-3-1-2-6(4-7)8-11-5-12-14-8/h3-4,8,11,17H,5-7,9-10H2,1-2H3;5-11H,1-4H3;6-9,15H,3-5H2,1-2H3;4-6H,3H2,1-2H3,(H,16,17);5-6H,1-4H3;1-4H,5H2,(H,13,15)(H,16,17)/t11?,15-;;;;;/m1...../s1. The largest absolute Gasteiger partial charge is 0.508 e. The number of carbonyl (C=O) groups is 5. The number of amidine groups is 1. The first-order valence-electron chi connectivity index (χ1n) is 33.7. The molecule has 1 saturated heterocycles. The third kappa shape index (κ3) is 19.4. The minimum absolute atomic E-state index is 0.0407. The summed E-state index contributed by atoms with van der Waals surface area (Å²) in [6.07, 6.45) is 13.6. The van der Waals surface area contributed by atoms with Crippen molar-refractivity contribution >= 4 is 68.4 Å². The molecule has 3 aromatic carbocycles. The number of methoxy groups -OCH3 is 3. The SMILES string of the molecule is CC(C)C(=O)c1c(C(C)C)cn2ccccc12.CCn1cc(C(=O)O)c(=O)c2ccc(C)nc21.CN1CC[C@]2(C)CC(Cc3ccc(O)cc32)C1.COc1cc(C)nc(-n2nc(C)cc2OC)n1.COc1ccc2[nH]cc(CCCC(C)=O)c2c1.O=C(O)C(=O)Nc1cccc(C2=NCN=N2)c1. The van der Waals surface area contributed by atoms with Crippen LogP contribution in [0.4, 0.5) is 5.69 Å². The minimum atomic E-state index is -1.53. The Labute approximate surface area is 592 Å². The molecule has 1 fully saturated rings. The lowest BCUT2D eigenvalue weighted by Gasteiger charge is -2.38. The number of ketones is 2. The number of H-pyrrole nitrogens is 1. The van der Waals surface area contributed by atoms with Crippen LogP contribution in [0.1, 0.15) is 146 Å². The Kier molecular flexibility index (Phi) is 26.1. The number of likely N-dealkylation sites (tertiary alicyclic amines) is 1.